The Bertz CT molecular complexity index is 1140. The van der Waals surface area contributed by atoms with Crippen LogP contribution < -0.4 is 10.1 Å². The van der Waals surface area contributed by atoms with Gasteiger partial charge in [0, 0.05) is 43.8 Å². The molecule has 1 aromatic carbocycles. The van der Waals surface area contributed by atoms with Crippen LogP contribution in [0.25, 0.3) is 22.3 Å². The molecule has 1 aliphatic rings. The van der Waals surface area contributed by atoms with Crippen LogP contribution in [0.4, 0.5) is 5.69 Å². The first-order chi connectivity index (χ1) is 14.4. The summed E-state index contributed by atoms with van der Waals surface area (Å²) in [6.07, 6.45) is 4.01. The van der Waals surface area contributed by atoms with Gasteiger partial charge >= 0.3 is 0 Å². The molecule has 30 heavy (non-hydrogen) atoms. The number of sulfonamides is 1. The first-order valence-electron chi connectivity index (χ1n) is 9.53. The molecular weight excluding hydrogens is 406 g/mol. The standard InChI is InChI=1S/C20H23N5O4S/c1-21-15-5-3-14(4-6-15)17-11-18-19(23-8-7-22-18)20(24-17)29-13-16-12-25(9-10-28-16)30(2,26)27/h3-8,11,16,21H,9-10,12-13H2,1-2H3. The number of morpholine rings is 1. The van der Waals surface area contributed by atoms with Gasteiger partial charge < -0.3 is 14.8 Å². The molecular formula is C20H23N5O4S. The number of anilines is 1. The number of nitrogens with zero attached hydrogens (tertiary/aromatic N) is 4. The van der Waals surface area contributed by atoms with E-state index in [-0.39, 0.29) is 19.3 Å². The molecule has 1 unspecified atom stereocenters. The fourth-order valence-electron chi connectivity index (χ4n) is 3.27. The lowest BCUT2D eigenvalue weighted by Gasteiger charge is -2.30. The molecule has 9 nitrogen and oxygen atoms in total. The molecule has 0 radical (unpaired) electrons. The Morgan fingerprint density at radius 3 is 2.73 bits per heavy atom. The van der Waals surface area contributed by atoms with Crippen molar-refractivity contribution in [1.29, 1.82) is 0 Å². The molecule has 0 aliphatic carbocycles. The van der Waals surface area contributed by atoms with Gasteiger partial charge in [-0.3, -0.25) is 4.98 Å². The number of ether oxygens (including phenoxy) is 2. The number of nitrogens with one attached hydrogen (secondary N) is 1. The number of fused-ring (bicyclic) bond motifs is 1. The summed E-state index contributed by atoms with van der Waals surface area (Å²) < 4.78 is 36.7. The predicted molar refractivity (Wildman–Crippen MR) is 114 cm³/mol. The summed E-state index contributed by atoms with van der Waals surface area (Å²) >= 11 is 0. The zero-order chi connectivity index (χ0) is 21.1. The summed E-state index contributed by atoms with van der Waals surface area (Å²) in [5.74, 6) is 0.341. The molecule has 1 N–H and O–H groups in total. The number of hydrogen-bond acceptors (Lipinski definition) is 8. The van der Waals surface area contributed by atoms with Crippen molar-refractivity contribution in [2.45, 2.75) is 6.10 Å². The fourth-order valence-corrected chi connectivity index (χ4v) is 4.11. The maximum absolute atomic E-state index is 11.8. The van der Waals surface area contributed by atoms with E-state index in [1.165, 1.54) is 10.6 Å². The third-order valence-electron chi connectivity index (χ3n) is 4.87. The summed E-state index contributed by atoms with van der Waals surface area (Å²) in [7, 11) is -1.41. The van der Waals surface area contributed by atoms with Crippen LogP contribution in [0.1, 0.15) is 0 Å². The van der Waals surface area contributed by atoms with Crippen LogP contribution in [0.15, 0.2) is 42.7 Å². The lowest BCUT2D eigenvalue weighted by molar-refractivity contribution is -0.0252. The van der Waals surface area contributed by atoms with Crippen molar-refractivity contribution >= 4 is 26.7 Å². The fraction of sp³-hybridized carbons (Fsp3) is 0.350. The van der Waals surface area contributed by atoms with Gasteiger partial charge in [-0.15, -0.1) is 0 Å². The molecule has 10 heteroatoms. The summed E-state index contributed by atoms with van der Waals surface area (Å²) in [5.41, 5.74) is 3.84. The molecule has 1 fully saturated rings. The van der Waals surface area contributed by atoms with Gasteiger partial charge in [0.1, 0.15) is 12.7 Å². The molecule has 4 rings (SSSR count). The monoisotopic (exact) mass is 429 g/mol. The second kappa shape index (κ2) is 8.50. The normalized spacial score (nSPS) is 17.7. The molecule has 0 amide bonds. The quantitative estimate of drug-likeness (QED) is 0.632. The second-order valence-electron chi connectivity index (χ2n) is 6.99. The van der Waals surface area contributed by atoms with E-state index < -0.39 is 10.0 Å². The summed E-state index contributed by atoms with van der Waals surface area (Å²) in [6.45, 7) is 1.08. The summed E-state index contributed by atoms with van der Waals surface area (Å²) in [6, 6.07) is 9.73. The summed E-state index contributed by atoms with van der Waals surface area (Å²) in [4.78, 5) is 13.4. The maximum Gasteiger partial charge on any atom is 0.242 e. The Labute approximate surface area is 175 Å². The molecule has 158 valence electrons. The lowest BCUT2D eigenvalue weighted by atomic mass is 10.1. The minimum absolute atomic E-state index is 0.160. The SMILES string of the molecule is CNc1ccc(-c2cc3nccnc3c(OCC3CN(S(C)(=O)=O)CCO3)n2)cc1. The van der Waals surface area contributed by atoms with E-state index in [2.05, 4.69) is 20.3 Å². The average Bonchev–Trinajstić information content (AvgIpc) is 2.77. The highest BCUT2D eigenvalue weighted by molar-refractivity contribution is 7.88. The van der Waals surface area contributed by atoms with Gasteiger partial charge in [0.05, 0.1) is 24.1 Å². The van der Waals surface area contributed by atoms with E-state index >= 15 is 0 Å². The van der Waals surface area contributed by atoms with E-state index in [0.717, 1.165) is 11.3 Å². The van der Waals surface area contributed by atoms with E-state index in [0.29, 0.717) is 35.8 Å². The molecule has 3 aromatic rings. The Kier molecular flexibility index (Phi) is 5.80. The van der Waals surface area contributed by atoms with Crippen molar-refractivity contribution < 1.29 is 17.9 Å². The van der Waals surface area contributed by atoms with Crippen molar-refractivity contribution in [3.8, 4) is 17.1 Å². The summed E-state index contributed by atoms with van der Waals surface area (Å²) in [5, 5.41) is 3.09. The Morgan fingerprint density at radius 1 is 1.23 bits per heavy atom. The average molecular weight is 430 g/mol. The molecule has 2 aromatic heterocycles. The van der Waals surface area contributed by atoms with Gasteiger partial charge in [-0.25, -0.2) is 18.4 Å². The van der Waals surface area contributed by atoms with E-state index in [4.69, 9.17) is 9.47 Å². The minimum atomic E-state index is -3.27. The molecule has 1 saturated heterocycles. The Morgan fingerprint density at radius 2 is 2.00 bits per heavy atom. The molecule has 1 atom stereocenters. The van der Waals surface area contributed by atoms with Crippen molar-refractivity contribution in [1.82, 2.24) is 19.3 Å². The smallest absolute Gasteiger partial charge is 0.242 e. The van der Waals surface area contributed by atoms with Crippen molar-refractivity contribution in [2.24, 2.45) is 0 Å². The number of aromatic nitrogens is 3. The van der Waals surface area contributed by atoms with Gasteiger partial charge in [0.25, 0.3) is 0 Å². The molecule has 0 bridgehead atoms. The highest BCUT2D eigenvalue weighted by Gasteiger charge is 2.27. The molecule has 0 spiro atoms. The van der Waals surface area contributed by atoms with Crippen molar-refractivity contribution in [3.05, 3.63) is 42.7 Å². The van der Waals surface area contributed by atoms with Crippen LogP contribution in [0.5, 0.6) is 5.88 Å². The van der Waals surface area contributed by atoms with Crippen LogP contribution in [-0.2, 0) is 14.8 Å². The second-order valence-corrected chi connectivity index (χ2v) is 8.97. The van der Waals surface area contributed by atoms with Crippen molar-refractivity contribution in [3.63, 3.8) is 0 Å². The van der Waals surface area contributed by atoms with Crippen LogP contribution in [-0.4, -0.2) is 73.4 Å². The predicted octanol–water partition coefficient (Wildman–Crippen LogP) is 1.77. The van der Waals surface area contributed by atoms with E-state index in [9.17, 15) is 8.42 Å². The highest BCUT2D eigenvalue weighted by Crippen LogP contribution is 2.28. The number of pyridine rings is 1. The zero-order valence-corrected chi connectivity index (χ0v) is 17.6. The number of hydrogen-bond donors (Lipinski definition) is 1. The van der Waals surface area contributed by atoms with Gasteiger partial charge in [-0.2, -0.15) is 4.31 Å². The third-order valence-corrected chi connectivity index (χ3v) is 6.14. The van der Waals surface area contributed by atoms with E-state index in [1.807, 2.05) is 37.4 Å². The Hall–Kier alpha value is -2.82. The highest BCUT2D eigenvalue weighted by atomic mass is 32.2. The first-order valence-corrected chi connectivity index (χ1v) is 11.4. The van der Waals surface area contributed by atoms with Crippen LogP contribution in [0.3, 0.4) is 0 Å². The van der Waals surface area contributed by atoms with Crippen LogP contribution in [0.2, 0.25) is 0 Å². The van der Waals surface area contributed by atoms with E-state index in [1.54, 1.807) is 12.4 Å². The number of rotatable bonds is 6. The van der Waals surface area contributed by atoms with Crippen molar-refractivity contribution in [2.75, 3.05) is 44.9 Å². The molecule has 1 aliphatic heterocycles. The lowest BCUT2D eigenvalue weighted by Crippen LogP contribution is -2.47. The minimum Gasteiger partial charge on any atom is -0.473 e. The largest absolute Gasteiger partial charge is 0.473 e. The molecule has 0 saturated carbocycles. The zero-order valence-electron chi connectivity index (χ0n) is 16.8. The van der Waals surface area contributed by atoms with Gasteiger partial charge in [0.15, 0.2) is 5.52 Å². The van der Waals surface area contributed by atoms with Gasteiger partial charge in [0.2, 0.25) is 15.9 Å². The van der Waals surface area contributed by atoms with Crippen LogP contribution in [0, 0.1) is 0 Å². The van der Waals surface area contributed by atoms with Crippen LogP contribution >= 0.6 is 0 Å². The third kappa shape index (κ3) is 4.50. The maximum atomic E-state index is 11.8. The first kappa shape index (κ1) is 20.5. The molecule has 3 heterocycles. The van der Waals surface area contributed by atoms with Gasteiger partial charge in [-0.05, 0) is 18.2 Å². The topological polar surface area (TPSA) is 107 Å². The van der Waals surface area contributed by atoms with Gasteiger partial charge in [-0.1, -0.05) is 12.1 Å². The Balaban J connectivity index is 1.59. The number of benzene rings is 1.